The van der Waals surface area contributed by atoms with Gasteiger partial charge in [0, 0.05) is 0 Å². The summed E-state index contributed by atoms with van der Waals surface area (Å²) in [5.74, 6) is -0.135. The molecular weight excluding hydrogens is 164 g/mol. The molecule has 1 atom stereocenters. The van der Waals surface area contributed by atoms with E-state index in [1.54, 1.807) is 6.08 Å². The molecule has 0 aliphatic rings. The molecule has 0 saturated carbocycles. The fraction of sp³-hybridized carbons (Fsp3) is 0.727. The average Bonchev–Trinajstić information content (AvgIpc) is 1.82. The van der Waals surface area contributed by atoms with Gasteiger partial charge in [0.05, 0.1) is 5.92 Å². The Morgan fingerprint density at radius 2 is 1.85 bits per heavy atom. The summed E-state index contributed by atoms with van der Waals surface area (Å²) in [5.41, 5.74) is -0.409. The normalized spacial score (nSPS) is 14.0. The van der Waals surface area contributed by atoms with Gasteiger partial charge in [-0.25, -0.2) is 0 Å². The van der Waals surface area contributed by atoms with Crippen molar-refractivity contribution < 1.29 is 9.53 Å². The minimum Gasteiger partial charge on any atom is -0.460 e. The van der Waals surface area contributed by atoms with Gasteiger partial charge in [-0.3, -0.25) is 4.79 Å². The third kappa shape index (κ3) is 4.71. The zero-order chi connectivity index (χ0) is 10.6. The molecule has 0 aromatic rings. The van der Waals surface area contributed by atoms with Crippen LogP contribution >= 0.6 is 0 Å². The minimum atomic E-state index is -0.409. The lowest BCUT2D eigenvalue weighted by Gasteiger charge is -2.24. The molecule has 0 fully saturated rings. The van der Waals surface area contributed by atoms with Crippen molar-refractivity contribution in [3.8, 4) is 0 Å². The summed E-state index contributed by atoms with van der Waals surface area (Å²) in [6.45, 7) is 13.2. The molecule has 13 heavy (non-hydrogen) atoms. The van der Waals surface area contributed by atoms with Crippen molar-refractivity contribution in [2.45, 2.75) is 40.2 Å². The maximum absolute atomic E-state index is 11.5. The van der Waals surface area contributed by atoms with E-state index in [0.29, 0.717) is 0 Å². The van der Waals surface area contributed by atoms with Gasteiger partial charge in [-0.15, -0.1) is 6.58 Å². The molecule has 0 saturated heterocycles. The number of rotatable bonds is 3. The van der Waals surface area contributed by atoms with E-state index in [0.717, 1.165) is 0 Å². The van der Waals surface area contributed by atoms with Gasteiger partial charge in [0.15, 0.2) is 0 Å². The summed E-state index contributed by atoms with van der Waals surface area (Å²) in [6.07, 6.45) is 1.65. The number of ether oxygens (including phenoxy) is 1. The van der Waals surface area contributed by atoms with E-state index in [2.05, 4.69) is 6.58 Å². The molecule has 0 aromatic carbocycles. The summed E-state index contributed by atoms with van der Waals surface area (Å²) in [4.78, 5) is 11.5. The second kappa shape index (κ2) is 4.45. The monoisotopic (exact) mass is 184 g/mol. The molecule has 0 rings (SSSR count). The van der Waals surface area contributed by atoms with Crippen LogP contribution in [0.5, 0.6) is 0 Å². The maximum Gasteiger partial charge on any atom is 0.313 e. The molecule has 76 valence electrons. The predicted molar refractivity (Wildman–Crippen MR) is 54.4 cm³/mol. The number of hydrogen-bond donors (Lipinski definition) is 0. The van der Waals surface area contributed by atoms with Crippen molar-refractivity contribution >= 4 is 5.97 Å². The number of esters is 1. The van der Waals surface area contributed by atoms with Crippen molar-refractivity contribution in [1.82, 2.24) is 0 Å². The van der Waals surface area contributed by atoms with E-state index >= 15 is 0 Å². The van der Waals surface area contributed by atoms with Crippen LogP contribution in [0.15, 0.2) is 12.7 Å². The van der Waals surface area contributed by atoms with E-state index in [-0.39, 0.29) is 17.8 Å². The van der Waals surface area contributed by atoms with Crippen LogP contribution in [0.4, 0.5) is 0 Å². The first-order valence-electron chi connectivity index (χ1n) is 4.63. The van der Waals surface area contributed by atoms with Gasteiger partial charge in [0.25, 0.3) is 0 Å². The number of carbonyl (C=O) groups excluding carboxylic acids is 1. The molecule has 2 heteroatoms. The van der Waals surface area contributed by atoms with Gasteiger partial charge >= 0.3 is 5.97 Å². The number of hydrogen-bond acceptors (Lipinski definition) is 2. The highest BCUT2D eigenvalue weighted by Gasteiger charge is 2.24. The Bertz CT molecular complexity index is 187. The minimum absolute atomic E-state index is 0.183. The van der Waals surface area contributed by atoms with Crippen LogP contribution in [0.3, 0.4) is 0 Å². The molecule has 0 N–H and O–H groups in total. The van der Waals surface area contributed by atoms with E-state index in [4.69, 9.17) is 4.74 Å². The van der Waals surface area contributed by atoms with Crippen LogP contribution < -0.4 is 0 Å². The zero-order valence-electron chi connectivity index (χ0n) is 9.26. The van der Waals surface area contributed by atoms with Crippen LogP contribution in [-0.2, 0) is 9.53 Å². The van der Waals surface area contributed by atoms with Gasteiger partial charge in [-0.2, -0.15) is 0 Å². The smallest absolute Gasteiger partial charge is 0.313 e. The van der Waals surface area contributed by atoms with Crippen molar-refractivity contribution in [3.05, 3.63) is 12.7 Å². The highest BCUT2D eigenvalue weighted by atomic mass is 16.6. The second-order valence-corrected chi connectivity index (χ2v) is 4.54. The standard InChI is InChI=1S/C11H20O2/c1-7-9(8(2)3)10(12)13-11(4,5)6/h7-9H,1H2,2-6H3. The lowest BCUT2D eigenvalue weighted by atomic mass is 9.96. The van der Waals surface area contributed by atoms with Crippen molar-refractivity contribution in [2.75, 3.05) is 0 Å². The third-order valence-corrected chi connectivity index (χ3v) is 1.65. The largest absolute Gasteiger partial charge is 0.460 e. The second-order valence-electron chi connectivity index (χ2n) is 4.54. The first-order valence-corrected chi connectivity index (χ1v) is 4.63. The zero-order valence-corrected chi connectivity index (χ0v) is 9.26. The summed E-state index contributed by atoms with van der Waals surface area (Å²) < 4.78 is 5.24. The molecule has 0 spiro atoms. The molecule has 0 radical (unpaired) electrons. The molecule has 0 aliphatic heterocycles. The quantitative estimate of drug-likeness (QED) is 0.498. The van der Waals surface area contributed by atoms with E-state index < -0.39 is 5.60 Å². The Labute approximate surface area is 81.0 Å². The molecular formula is C11H20O2. The summed E-state index contributed by atoms with van der Waals surface area (Å²) >= 11 is 0. The summed E-state index contributed by atoms with van der Waals surface area (Å²) in [7, 11) is 0. The Morgan fingerprint density at radius 1 is 1.38 bits per heavy atom. The topological polar surface area (TPSA) is 26.3 Å². The highest BCUT2D eigenvalue weighted by Crippen LogP contribution is 2.17. The Kier molecular flexibility index (Phi) is 4.18. The van der Waals surface area contributed by atoms with Crippen molar-refractivity contribution in [2.24, 2.45) is 11.8 Å². The molecule has 0 amide bonds. The summed E-state index contributed by atoms with van der Waals surface area (Å²) in [6, 6.07) is 0. The average molecular weight is 184 g/mol. The van der Waals surface area contributed by atoms with Gasteiger partial charge in [-0.05, 0) is 26.7 Å². The van der Waals surface area contributed by atoms with Gasteiger partial charge < -0.3 is 4.74 Å². The lowest BCUT2D eigenvalue weighted by molar-refractivity contribution is -0.159. The van der Waals surface area contributed by atoms with Gasteiger partial charge in [0.2, 0.25) is 0 Å². The molecule has 0 heterocycles. The lowest BCUT2D eigenvalue weighted by Crippen LogP contribution is -2.30. The van der Waals surface area contributed by atoms with E-state index in [1.165, 1.54) is 0 Å². The third-order valence-electron chi connectivity index (χ3n) is 1.65. The fourth-order valence-corrected chi connectivity index (χ4v) is 1.01. The van der Waals surface area contributed by atoms with E-state index in [1.807, 2.05) is 34.6 Å². The van der Waals surface area contributed by atoms with Gasteiger partial charge in [0.1, 0.15) is 5.60 Å². The fourth-order valence-electron chi connectivity index (χ4n) is 1.01. The Morgan fingerprint density at radius 3 is 2.08 bits per heavy atom. The van der Waals surface area contributed by atoms with Crippen LogP contribution in [0.2, 0.25) is 0 Å². The molecule has 2 nitrogen and oxygen atoms in total. The molecule has 1 unspecified atom stereocenters. The van der Waals surface area contributed by atoms with Crippen molar-refractivity contribution in [3.63, 3.8) is 0 Å². The molecule has 0 aliphatic carbocycles. The first-order chi connectivity index (χ1) is 5.78. The molecule has 0 aromatic heterocycles. The number of carbonyl (C=O) groups is 1. The SMILES string of the molecule is C=CC(C(=O)OC(C)(C)C)C(C)C. The van der Waals surface area contributed by atoms with Crippen LogP contribution in [0.25, 0.3) is 0 Å². The van der Waals surface area contributed by atoms with Crippen LogP contribution in [-0.4, -0.2) is 11.6 Å². The van der Waals surface area contributed by atoms with Gasteiger partial charge in [-0.1, -0.05) is 19.9 Å². The highest BCUT2D eigenvalue weighted by molar-refractivity contribution is 5.75. The van der Waals surface area contributed by atoms with E-state index in [9.17, 15) is 4.79 Å². The Balaban J connectivity index is 4.32. The van der Waals surface area contributed by atoms with Crippen LogP contribution in [0.1, 0.15) is 34.6 Å². The van der Waals surface area contributed by atoms with Crippen LogP contribution in [0, 0.1) is 11.8 Å². The maximum atomic E-state index is 11.5. The Hall–Kier alpha value is -0.790. The first kappa shape index (κ1) is 12.2. The van der Waals surface area contributed by atoms with Crippen molar-refractivity contribution in [1.29, 1.82) is 0 Å². The molecule has 0 bridgehead atoms. The predicted octanol–water partition coefficient (Wildman–Crippen LogP) is 2.79. The summed E-state index contributed by atoms with van der Waals surface area (Å²) in [5, 5.41) is 0.